The van der Waals surface area contributed by atoms with Crippen LogP contribution in [0.5, 0.6) is 0 Å². The molecule has 1 rings (SSSR count). The van der Waals surface area contributed by atoms with Crippen molar-refractivity contribution in [3.8, 4) is 0 Å². The van der Waals surface area contributed by atoms with Crippen molar-refractivity contribution in [2.45, 2.75) is 52.5 Å². The van der Waals surface area contributed by atoms with Crippen LogP contribution in [-0.2, 0) is 0 Å². The van der Waals surface area contributed by atoms with Crippen LogP contribution in [-0.4, -0.2) is 37.6 Å². The highest BCUT2D eigenvalue weighted by Gasteiger charge is 2.20. The minimum Gasteiger partial charge on any atom is -0.316 e. The average molecular weight is 226 g/mol. The lowest BCUT2D eigenvalue weighted by molar-refractivity contribution is 0.243. The van der Waals surface area contributed by atoms with Gasteiger partial charge in [0.15, 0.2) is 0 Å². The van der Waals surface area contributed by atoms with Crippen LogP contribution in [0.1, 0.15) is 46.5 Å². The Kier molecular flexibility index (Phi) is 6.37. The van der Waals surface area contributed by atoms with E-state index in [1.54, 1.807) is 0 Å². The fourth-order valence-corrected chi connectivity index (χ4v) is 2.77. The zero-order valence-corrected chi connectivity index (χ0v) is 11.6. The smallest absolute Gasteiger partial charge is 0.0189 e. The molecule has 2 unspecified atom stereocenters. The van der Waals surface area contributed by atoms with Crippen molar-refractivity contribution in [1.82, 2.24) is 10.2 Å². The summed E-state index contributed by atoms with van der Waals surface area (Å²) >= 11 is 0. The van der Waals surface area contributed by atoms with Crippen LogP contribution in [0.15, 0.2) is 0 Å². The van der Waals surface area contributed by atoms with Gasteiger partial charge < -0.3 is 10.2 Å². The second-order valence-electron chi connectivity index (χ2n) is 5.63. The van der Waals surface area contributed by atoms with Gasteiger partial charge in [-0.1, -0.05) is 20.8 Å². The Morgan fingerprint density at radius 2 is 2.00 bits per heavy atom. The molecule has 16 heavy (non-hydrogen) atoms. The summed E-state index contributed by atoms with van der Waals surface area (Å²) in [5.74, 6) is 1.82. The van der Waals surface area contributed by atoms with Crippen molar-refractivity contribution in [1.29, 1.82) is 0 Å². The van der Waals surface area contributed by atoms with E-state index >= 15 is 0 Å². The summed E-state index contributed by atoms with van der Waals surface area (Å²) in [6.07, 6.45) is 5.46. The maximum absolute atomic E-state index is 3.41. The van der Waals surface area contributed by atoms with Gasteiger partial charge in [0.1, 0.15) is 0 Å². The Morgan fingerprint density at radius 3 is 2.56 bits per heavy atom. The van der Waals surface area contributed by atoms with Crippen molar-refractivity contribution in [2.75, 3.05) is 26.7 Å². The van der Waals surface area contributed by atoms with Crippen LogP contribution in [0.4, 0.5) is 0 Å². The van der Waals surface area contributed by atoms with Crippen LogP contribution in [0, 0.1) is 11.8 Å². The normalized spacial score (nSPS) is 25.7. The third-order valence-corrected chi connectivity index (χ3v) is 4.19. The monoisotopic (exact) mass is 226 g/mol. The Labute approximate surface area is 102 Å². The molecule has 0 amide bonds. The van der Waals surface area contributed by atoms with Gasteiger partial charge in [-0.2, -0.15) is 0 Å². The Bertz CT molecular complexity index is 176. The number of hydrogen-bond donors (Lipinski definition) is 1. The maximum Gasteiger partial charge on any atom is 0.0189 e. The molecular weight excluding hydrogens is 196 g/mol. The number of rotatable bonds is 5. The second-order valence-corrected chi connectivity index (χ2v) is 5.63. The predicted molar refractivity (Wildman–Crippen MR) is 71.8 cm³/mol. The molecule has 1 aliphatic rings. The molecule has 96 valence electrons. The van der Waals surface area contributed by atoms with Crippen molar-refractivity contribution in [3.05, 3.63) is 0 Å². The van der Waals surface area contributed by atoms with Crippen LogP contribution in [0.3, 0.4) is 0 Å². The van der Waals surface area contributed by atoms with Gasteiger partial charge in [0.25, 0.3) is 0 Å². The molecule has 2 atom stereocenters. The highest BCUT2D eigenvalue weighted by molar-refractivity contribution is 4.75. The van der Waals surface area contributed by atoms with Gasteiger partial charge in [-0.15, -0.1) is 0 Å². The summed E-state index contributed by atoms with van der Waals surface area (Å²) in [5.41, 5.74) is 0. The standard InChI is InChI=1S/C14H30N2/c1-5-14(15-4)11-16-9-6-7-13(8-10-16)12(2)3/h12-15H,5-11H2,1-4H3. The molecule has 0 saturated carbocycles. The number of likely N-dealkylation sites (N-methyl/N-ethyl adjacent to an activating group) is 1. The first kappa shape index (κ1) is 14.0. The van der Waals surface area contributed by atoms with Gasteiger partial charge in [-0.25, -0.2) is 0 Å². The van der Waals surface area contributed by atoms with Crippen LogP contribution >= 0.6 is 0 Å². The molecule has 1 fully saturated rings. The van der Waals surface area contributed by atoms with Crippen LogP contribution in [0.2, 0.25) is 0 Å². The van der Waals surface area contributed by atoms with Crippen molar-refractivity contribution >= 4 is 0 Å². The van der Waals surface area contributed by atoms with E-state index in [9.17, 15) is 0 Å². The summed E-state index contributed by atoms with van der Waals surface area (Å²) in [5, 5.41) is 3.41. The molecule has 1 saturated heterocycles. The quantitative estimate of drug-likeness (QED) is 0.775. The van der Waals surface area contributed by atoms with Gasteiger partial charge >= 0.3 is 0 Å². The third kappa shape index (κ3) is 4.42. The summed E-state index contributed by atoms with van der Waals surface area (Å²) < 4.78 is 0. The lowest BCUT2D eigenvalue weighted by Gasteiger charge is -2.25. The van der Waals surface area contributed by atoms with E-state index in [2.05, 4.69) is 38.0 Å². The van der Waals surface area contributed by atoms with Crippen LogP contribution < -0.4 is 5.32 Å². The van der Waals surface area contributed by atoms with Gasteiger partial charge in [0.2, 0.25) is 0 Å². The average Bonchev–Trinajstić information content (AvgIpc) is 2.51. The summed E-state index contributed by atoms with van der Waals surface area (Å²) in [6.45, 7) is 10.9. The largest absolute Gasteiger partial charge is 0.316 e. The van der Waals surface area contributed by atoms with Crippen molar-refractivity contribution < 1.29 is 0 Å². The van der Waals surface area contributed by atoms with Crippen molar-refractivity contribution in [3.63, 3.8) is 0 Å². The van der Waals surface area contributed by atoms with E-state index in [4.69, 9.17) is 0 Å². The Hall–Kier alpha value is -0.0800. The molecule has 0 bridgehead atoms. The summed E-state index contributed by atoms with van der Waals surface area (Å²) in [7, 11) is 2.09. The van der Waals surface area contributed by atoms with E-state index in [-0.39, 0.29) is 0 Å². The molecule has 1 N–H and O–H groups in total. The lowest BCUT2D eigenvalue weighted by Crippen LogP contribution is -2.39. The SMILES string of the molecule is CCC(CN1CCCC(C(C)C)CC1)NC. The first-order valence-corrected chi connectivity index (χ1v) is 7.07. The van der Waals surface area contributed by atoms with Crippen molar-refractivity contribution in [2.24, 2.45) is 11.8 Å². The van der Waals surface area contributed by atoms with E-state index < -0.39 is 0 Å². The van der Waals surface area contributed by atoms with Gasteiger partial charge in [-0.3, -0.25) is 0 Å². The second kappa shape index (κ2) is 7.29. The molecule has 2 heteroatoms. The highest BCUT2D eigenvalue weighted by Crippen LogP contribution is 2.24. The summed E-state index contributed by atoms with van der Waals surface area (Å²) in [6, 6.07) is 0.676. The van der Waals surface area contributed by atoms with Crippen LogP contribution in [0.25, 0.3) is 0 Å². The molecule has 1 heterocycles. The zero-order valence-electron chi connectivity index (χ0n) is 11.6. The molecule has 0 aliphatic carbocycles. The van der Waals surface area contributed by atoms with E-state index in [0.717, 1.165) is 11.8 Å². The number of nitrogens with one attached hydrogen (secondary N) is 1. The molecule has 2 nitrogen and oxygen atoms in total. The van der Waals surface area contributed by atoms with Gasteiger partial charge in [0, 0.05) is 12.6 Å². The molecule has 1 aliphatic heterocycles. The Balaban J connectivity index is 2.35. The molecular formula is C14H30N2. The van der Waals surface area contributed by atoms with E-state index in [1.165, 1.54) is 45.3 Å². The predicted octanol–water partition coefficient (Wildman–Crippen LogP) is 2.74. The molecule has 0 aromatic heterocycles. The minimum atomic E-state index is 0.676. The minimum absolute atomic E-state index is 0.676. The number of hydrogen-bond acceptors (Lipinski definition) is 2. The van der Waals surface area contributed by atoms with Gasteiger partial charge in [-0.05, 0) is 57.7 Å². The Morgan fingerprint density at radius 1 is 1.25 bits per heavy atom. The fraction of sp³-hybridized carbons (Fsp3) is 1.00. The molecule has 0 aromatic rings. The highest BCUT2D eigenvalue weighted by atomic mass is 15.1. The van der Waals surface area contributed by atoms with E-state index in [1.807, 2.05) is 0 Å². The molecule has 0 aromatic carbocycles. The maximum atomic E-state index is 3.41. The third-order valence-electron chi connectivity index (χ3n) is 4.19. The number of likely N-dealkylation sites (tertiary alicyclic amines) is 1. The number of nitrogens with zero attached hydrogens (tertiary/aromatic N) is 1. The van der Waals surface area contributed by atoms with E-state index in [0.29, 0.717) is 6.04 Å². The zero-order chi connectivity index (χ0) is 12.0. The first-order valence-electron chi connectivity index (χ1n) is 7.07. The fourth-order valence-electron chi connectivity index (χ4n) is 2.77. The molecule has 0 spiro atoms. The molecule has 0 radical (unpaired) electrons. The van der Waals surface area contributed by atoms with Gasteiger partial charge in [0.05, 0.1) is 0 Å². The topological polar surface area (TPSA) is 15.3 Å². The lowest BCUT2D eigenvalue weighted by atomic mass is 9.89. The summed E-state index contributed by atoms with van der Waals surface area (Å²) in [4.78, 5) is 2.66. The first-order chi connectivity index (χ1) is 7.67.